The molecule has 0 bridgehead atoms. The molecule has 0 aliphatic heterocycles. The summed E-state index contributed by atoms with van der Waals surface area (Å²) in [5.41, 5.74) is 0. The highest BCUT2D eigenvalue weighted by Gasteiger charge is 2.18. The molecular weight excluding hydrogens is 212 g/mol. The summed E-state index contributed by atoms with van der Waals surface area (Å²) < 4.78 is 5.56. The van der Waals surface area contributed by atoms with Crippen LogP contribution in [0.25, 0.3) is 0 Å². The third kappa shape index (κ3) is 3.49. The standard InChI is InChI=1S/C11H19ClN2O/c1-4-6-9(7-5-2)11-14-13-10(15-11)8(3)12/h8-9H,4-7H2,1-3H3. The second-order valence-electron chi connectivity index (χ2n) is 3.87. The van der Waals surface area contributed by atoms with Crippen LogP contribution in [0.15, 0.2) is 4.42 Å². The maximum atomic E-state index is 5.88. The fraction of sp³-hybridized carbons (Fsp3) is 0.818. The molecular formula is C11H19ClN2O. The van der Waals surface area contributed by atoms with Gasteiger partial charge in [0.2, 0.25) is 11.8 Å². The number of hydrogen-bond acceptors (Lipinski definition) is 3. The lowest BCUT2D eigenvalue weighted by molar-refractivity contribution is 0.389. The predicted octanol–water partition coefficient (Wildman–Crippen LogP) is 4.05. The zero-order valence-corrected chi connectivity index (χ0v) is 10.4. The van der Waals surface area contributed by atoms with Crippen molar-refractivity contribution in [3.63, 3.8) is 0 Å². The molecule has 1 atom stereocenters. The highest BCUT2D eigenvalue weighted by Crippen LogP contribution is 2.27. The average Bonchev–Trinajstić information content (AvgIpc) is 2.66. The lowest BCUT2D eigenvalue weighted by atomic mass is 9.98. The maximum absolute atomic E-state index is 5.88. The van der Waals surface area contributed by atoms with Gasteiger partial charge >= 0.3 is 0 Å². The molecule has 0 aliphatic carbocycles. The summed E-state index contributed by atoms with van der Waals surface area (Å²) in [4.78, 5) is 0. The van der Waals surface area contributed by atoms with Gasteiger partial charge in [-0.2, -0.15) is 0 Å². The number of aromatic nitrogens is 2. The SMILES string of the molecule is CCCC(CCC)c1nnc(C(C)Cl)o1. The molecule has 1 unspecified atom stereocenters. The summed E-state index contributed by atoms with van der Waals surface area (Å²) in [6, 6.07) is 0. The fourth-order valence-electron chi connectivity index (χ4n) is 1.66. The molecule has 0 N–H and O–H groups in total. The molecule has 0 aromatic carbocycles. The first-order chi connectivity index (χ1) is 7.19. The topological polar surface area (TPSA) is 38.9 Å². The van der Waals surface area contributed by atoms with Gasteiger partial charge in [-0.1, -0.05) is 26.7 Å². The van der Waals surface area contributed by atoms with Crippen LogP contribution < -0.4 is 0 Å². The summed E-state index contributed by atoms with van der Waals surface area (Å²) >= 11 is 5.88. The van der Waals surface area contributed by atoms with Crippen molar-refractivity contribution in [2.75, 3.05) is 0 Å². The Morgan fingerprint density at radius 2 is 1.67 bits per heavy atom. The van der Waals surface area contributed by atoms with Crippen molar-refractivity contribution in [2.24, 2.45) is 0 Å². The van der Waals surface area contributed by atoms with E-state index in [1.807, 2.05) is 6.92 Å². The first-order valence-electron chi connectivity index (χ1n) is 5.66. The summed E-state index contributed by atoms with van der Waals surface area (Å²) in [5.74, 6) is 1.68. The maximum Gasteiger partial charge on any atom is 0.234 e. The monoisotopic (exact) mass is 230 g/mol. The van der Waals surface area contributed by atoms with Gasteiger partial charge in [0.15, 0.2) is 0 Å². The molecule has 0 saturated carbocycles. The van der Waals surface area contributed by atoms with Gasteiger partial charge in [0.05, 0.1) is 0 Å². The van der Waals surface area contributed by atoms with Crippen molar-refractivity contribution < 1.29 is 4.42 Å². The normalized spacial score (nSPS) is 13.4. The number of nitrogens with zero attached hydrogens (tertiary/aromatic N) is 2. The Morgan fingerprint density at radius 3 is 2.07 bits per heavy atom. The van der Waals surface area contributed by atoms with E-state index in [1.165, 1.54) is 0 Å². The van der Waals surface area contributed by atoms with Gasteiger partial charge in [0.1, 0.15) is 5.38 Å². The van der Waals surface area contributed by atoms with Crippen LogP contribution in [-0.2, 0) is 0 Å². The Bertz CT molecular complexity index is 280. The molecule has 1 heterocycles. The smallest absolute Gasteiger partial charge is 0.234 e. The van der Waals surface area contributed by atoms with Crippen LogP contribution in [0.3, 0.4) is 0 Å². The summed E-state index contributed by atoms with van der Waals surface area (Å²) in [5, 5.41) is 7.83. The van der Waals surface area contributed by atoms with Crippen LogP contribution in [-0.4, -0.2) is 10.2 Å². The van der Waals surface area contributed by atoms with Gasteiger partial charge in [-0.15, -0.1) is 21.8 Å². The van der Waals surface area contributed by atoms with Crippen molar-refractivity contribution in [1.82, 2.24) is 10.2 Å². The summed E-state index contributed by atoms with van der Waals surface area (Å²) in [7, 11) is 0. The first-order valence-corrected chi connectivity index (χ1v) is 6.10. The minimum atomic E-state index is -0.199. The van der Waals surface area contributed by atoms with Crippen molar-refractivity contribution >= 4 is 11.6 Å². The largest absolute Gasteiger partial charge is 0.423 e. The average molecular weight is 231 g/mol. The van der Waals surface area contributed by atoms with Gasteiger partial charge in [-0.25, -0.2) is 0 Å². The van der Waals surface area contributed by atoms with E-state index >= 15 is 0 Å². The molecule has 0 amide bonds. The van der Waals surface area contributed by atoms with Gasteiger partial charge < -0.3 is 4.42 Å². The molecule has 15 heavy (non-hydrogen) atoms. The van der Waals surface area contributed by atoms with Crippen molar-refractivity contribution in [2.45, 2.75) is 57.7 Å². The molecule has 3 nitrogen and oxygen atoms in total. The van der Waals surface area contributed by atoms with Crippen LogP contribution >= 0.6 is 11.6 Å². The van der Waals surface area contributed by atoms with E-state index in [2.05, 4.69) is 24.0 Å². The van der Waals surface area contributed by atoms with Gasteiger partial charge in [0.25, 0.3) is 0 Å². The van der Waals surface area contributed by atoms with Crippen LogP contribution in [0.4, 0.5) is 0 Å². The number of halogens is 1. The lowest BCUT2D eigenvalue weighted by Crippen LogP contribution is -1.98. The van der Waals surface area contributed by atoms with E-state index in [4.69, 9.17) is 16.0 Å². The summed E-state index contributed by atoms with van der Waals surface area (Å²) in [6.07, 6.45) is 4.48. The Hall–Kier alpha value is -0.570. The van der Waals surface area contributed by atoms with E-state index in [1.54, 1.807) is 0 Å². The van der Waals surface area contributed by atoms with Gasteiger partial charge in [-0.3, -0.25) is 0 Å². The van der Waals surface area contributed by atoms with Gasteiger partial charge in [0, 0.05) is 5.92 Å². The molecule has 0 spiro atoms. The van der Waals surface area contributed by atoms with E-state index in [-0.39, 0.29) is 5.38 Å². The molecule has 0 radical (unpaired) electrons. The van der Waals surface area contributed by atoms with Crippen molar-refractivity contribution in [1.29, 1.82) is 0 Å². The molecule has 1 rings (SSSR count). The minimum absolute atomic E-state index is 0.199. The van der Waals surface area contributed by atoms with Crippen LogP contribution in [0.5, 0.6) is 0 Å². The number of hydrogen-bond donors (Lipinski definition) is 0. The fourth-order valence-corrected chi connectivity index (χ4v) is 1.75. The number of rotatable bonds is 6. The summed E-state index contributed by atoms with van der Waals surface area (Å²) in [6.45, 7) is 6.18. The van der Waals surface area contributed by atoms with Gasteiger partial charge in [-0.05, 0) is 19.8 Å². The zero-order chi connectivity index (χ0) is 11.3. The lowest BCUT2D eigenvalue weighted by Gasteiger charge is -2.09. The Labute approximate surface area is 96.2 Å². The second kappa shape index (κ2) is 6.11. The molecule has 0 aliphatic rings. The highest BCUT2D eigenvalue weighted by molar-refractivity contribution is 6.20. The van der Waals surface area contributed by atoms with E-state index < -0.39 is 0 Å². The number of alkyl halides is 1. The van der Waals surface area contributed by atoms with Crippen LogP contribution in [0, 0.1) is 0 Å². The van der Waals surface area contributed by atoms with Crippen LogP contribution in [0.2, 0.25) is 0 Å². The molecule has 0 saturated heterocycles. The minimum Gasteiger partial charge on any atom is -0.423 e. The molecule has 86 valence electrons. The quantitative estimate of drug-likeness (QED) is 0.692. The molecule has 4 heteroatoms. The molecule has 1 aromatic heterocycles. The van der Waals surface area contributed by atoms with E-state index in [9.17, 15) is 0 Å². The molecule has 0 fully saturated rings. The third-order valence-electron chi connectivity index (χ3n) is 2.42. The highest BCUT2D eigenvalue weighted by atomic mass is 35.5. The van der Waals surface area contributed by atoms with Crippen molar-refractivity contribution in [3.8, 4) is 0 Å². The Balaban J connectivity index is 2.72. The zero-order valence-electron chi connectivity index (χ0n) is 9.66. The molecule has 1 aromatic rings. The van der Waals surface area contributed by atoms with E-state index in [0.717, 1.165) is 31.6 Å². The Morgan fingerprint density at radius 1 is 1.13 bits per heavy atom. The Kier molecular flexibility index (Phi) is 5.09. The van der Waals surface area contributed by atoms with E-state index in [0.29, 0.717) is 11.8 Å². The van der Waals surface area contributed by atoms with Crippen molar-refractivity contribution in [3.05, 3.63) is 11.8 Å². The predicted molar refractivity (Wildman–Crippen MR) is 61.1 cm³/mol. The first kappa shape index (κ1) is 12.5. The second-order valence-corrected chi connectivity index (χ2v) is 4.52. The third-order valence-corrected chi connectivity index (χ3v) is 2.61. The van der Waals surface area contributed by atoms with Crippen LogP contribution in [0.1, 0.15) is 69.5 Å².